The maximum Gasteiger partial charge on any atom is 0.312 e. The van der Waals surface area contributed by atoms with Crippen LogP contribution in [0, 0.1) is 5.92 Å². The summed E-state index contributed by atoms with van der Waals surface area (Å²) in [4.78, 5) is 12.3. The molecule has 0 aliphatic carbocycles. The normalized spacial score (nSPS) is 14.1. The van der Waals surface area contributed by atoms with Gasteiger partial charge in [0.15, 0.2) is 0 Å². The molecule has 1 amide bonds. The molecule has 0 aliphatic heterocycles. The van der Waals surface area contributed by atoms with Crippen LogP contribution < -0.4 is 0 Å². The lowest BCUT2D eigenvalue weighted by Gasteiger charge is -2.33. The Hall–Kier alpha value is -0.530. The van der Waals surface area contributed by atoms with Crippen LogP contribution in [0.5, 0.6) is 0 Å². The van der Waals surface area contributed by atoms with Gasteiger partial charge in [0.05, 0.1) is 0 Å². The monoisotopic (exact) mass is 170 g/mol. The average Bonchev–Trinajstić information content (AvgIpc) is 1.97. The zero-order valence-corrected chi connectivity index (χ0v) is 8.85. The highest BCUT2D eigenvalue weighted by Crippen LogP contribution is 2.14. The predicted octanol–water partition coefficient (Wildman–Crippen LogP) is 2.20. The maximum atomic E-state index is 10.6. The Morgan fingerprint density at radius 2 is 1.92 bits per heavy atom. The van der Waals surface area contributed by atoms with Crippen LogP contribution >= 0.6 is 0 Å². The van der Waals surface area contributed by atoms with Gasteiger partial charge in [0.25, 0.3) is 0 Å². The van der Waals surface area contributed by atoms with Crippen molar-refractivity contribution in [1.82, 2.24) is 4.90 Å². The minimum atomic E-state index is -0.0921. The molecule has 71 valence electrons. The molecule has 0 spiro atoms. The number of nitrogens with zero attached hydrogens (tertiary/aromatic N) is 1. The minimum absolute atomic E-state index is 0.0921. The molecule has 1 radical (unpaired) electrons. The molecular weight excluding hydrogens is 150 g/mol. The van der Waals surface area contributed by atoms with E-state index in [9.17, 15) is 4.79 Å². The summed E-state index contributed by atoms with van der Waals surface area (Å²) in [6.07, 6.45) is 3.10. The van der Waals surface area contributed by atoms with Crippen molar-refractivity contribution in [3.05, 3.63) is 0 Å². The molecule has 2 heteroatoms. The lowest BCUT2D eigenvalue weighted by Crippen LogP contribution is -2.42. The quantitative estimate of drug-likeness (QED) is 0.592. The molecule has 0 heterocycles. The number of rotatable bonds is 4. The zero-order valence-electron chi connectivity index (χ0n) is 8.85. The second-order valence-electron chi connectivity index (χ2n) is 4.39. The van der Waals surface area contributed by atoms with Crippen LogP contribution in [0.1, 0.15) is 41.0 Å². The first kappa shape index (κ1) is 11.5. The summed E-state index contributed by atoms with van der Waals surface area (Å²) >= 11 is 0. The van der Waals surface area contributed by atoms with E-state index in [4.69, 9.17) is 0 Å². The van der Waals surface area contributed by atoms with Crippen LogP contribution in [0.4, 0.5) is 0 Å². The van der Waals surface area contributed by atoms with E-state index < -0.39 is 0 Å². The fraction of sp³-hybridized carbons (Fsp3) is 0.900. The zero-order chi connectivity index (χ0) is 9.78. The van der Waals surface area contributed by atoms with E-state index in [-0.39, 0.29) is 5.54 Å². The first-order chi connectivity index (χ1) is 5.41. The van der Waals surface area contributed by atoms with E-state index in [1.165, 1.54) is 0 Å². The van der Waals surface area contributed by atoms with Crippen molar-refractivity contribution < 1.29 is 4.79 Å². The van der Waals surface area contributed by atoms with Gasteiger partial charge in [0.1, 0.15) is 0 Å². The number of hydrogen-bond acceptors (Lipinski definition) is 1. The average molecular weight is 170 g/mol. The molecule has 0 aromatic heterocycles. The van der Waals surface area contributed by atoms with Gasteiger partial charge in [-0.3, -0.25) is 4.79 Å². The number of carbonyl (C=O) groups excluding carboxylic acids is 1. The van der Waals surface area contributed by atoms with Gasteiger partial charge < -0.3 is 4.90 Å². The van der Waals surface area contributed by atoms with Crippen molar-refractivity contribution in [3.8, 4) is 0 Å². The summed E-state index contributed by atoms with van der Waals surface area (Å²) in [5.74, 6) is 0.561. The molecule has 0 fully saturated rings. The van der Waals surface area contributed by atoms with E-state index in [0.717, 1.165) is 13.0 Å². The molecule has 0 aromatic carbocycles. The Labute approximate surface area is 75.9 Å². The van der Waals surface area contributed by atoms with Crippen molar-refractivity contribution in [2.45, 2.75) is 46.6 Å². The fourth-order valence-corrected chi connectivity index (χ4v) is 0.889. The van der Waals surface area contributed by atoms with Crippen molar-refractivity contribution in [3.63, 3.8) is 0 Å². The third-order valence-corrected chi connectivity index (χ3v) is 2.11. The van der Waals surface area contributed by atoms with Crippen LogP contribution in [0.3, 0.4) is 0 Å². The third-order valence-electron chi connectivity index (χ3n) is 2.11. The molecule has 0 aliphatic rings. The Bertz CT molecular complexity index is 137. The second-order valence-corrected chi connectivity index (χ2v) is 4.39. The largest absolute Gasteiger partial charge is 0.329 e. The SMILES string of the molecule is CCC(C)CN([C]=O)C(C)(C)C. The van der Waals surface area contributed by atoms with Gasteiger partial charge in [-0.05, 0) is 26.7 Å². The molecule has 0 rings (SSSR count). The van der Waals surface area contributed by atoms with Gasteiger partial charge >= 0.3 is 6.41 Å². The highest BCUT2D eigenvalue weighted by molar-refractivity contribution is 5.49. The molecule has 2 nitrogen and oxygen atoms in total. The molecule has 0 N–H and O–H groups in total. The van der Waals surface area contributed by atoms with Crippen LogP contribution in [0.25, 0.3) is 0 Å². The number of hydrogen-bond donors (Lipinski definition) is 0. The fourth-order valence-electron chi connectivity index (χ4n) is 0.889. The molecule has 0 saturated heterocycles. The maximum absolute atomic E-state index is 10.6. The smallest absolute Gasteiger partial charge is 0.312 e. The number of amides is 1. The standard InChI is InChI=1S/C10H20NO/c1-6-9(2)7-11(8-12)10(3,4)5/h9H,6-7H2,1-5H3. The highest BCUT2D eigenvalue weighted by atomic mass is 16.1. The Morgan fingerprint density at radius 1 is 1.42 bits per heavy atom. The van der Waals surface area contributed by atoms with Crippen molar-refractivity contribution in [1.29, 1.82) is 0 Å². The topological polar surface area (TPSA) is 20.3 Å². The van der Waals surface area contributed by atoms with Crippen LogP contribution in [0.2, 0.25) is 0 Å². The Morgan fingerprint density at radius 3 is 2.17 bits per heavy atom. The first-order valence-electron chi connectivity index (χ1n) is 4.57. The Kier molecular flexibility index (Phi) is 4.29. The summed E-state index contributed by atoms with van der Waals surface area (Å²) in [6, 6.07) is 0. The van der Waals surface area contributed by atoms with E-state index in [1.807, 2.05) is 27.2 Å². The molecule has 12 heavy (non-hydrogen) atoms. The van der Waals surface area contributed by atoms with Crippen LogP contribution in [-0.4, -0.2) is 23.4 Å². The molecule has 1 atom stereocenters. The molecule has 1 unspecified atom stereocenters. The van der Waals surface area contributed by atoms with Gasteiger partial charge in [0, 0.05) is 12.1 Å². The molecular formula is C10H20NO. The van der Waals surface area contributed by atoms with Crippen LogP contribution in [0.15, 0.2) is 0 Å². The summed E-state index contributed by atoms with van der Waals surface area (Å²) in [7, 11) is 0. The second kappa shape index (κ2) is 4.48. The van der Waals surface area contributed by atoms with E-state index in [1.54, 1.807) is 4.90 Å². The van der Waals surface area contributed by atoms with Gasteiger partial charge in [-0.1, -0.05) is 20.3 Å². The van der Waals surface area contributed by atoms with E-state index in [0.29, 0.717) is 5.92 Å². The van der Waals surface area contributed by atoms with E-state index >= 15 is 0 Å². The van der Waals surface area contributed by atoms with Gasteiger partial charge in [-0.25, -0.2) is 0 Å². The third kappa shape index (κ3) is 3.74. The molecule has 0 saturated carbocycles. The van der Waals surface area contributed by atoms with Crippen molar-refractivity contribution >= 4 is 6.41 Å². The van der Waals surface area contributed by atoms with E-state index in [2.05, 4.69) is 13.8 Å². The van der Waals surface area contributed by atoms with Crippen molar-refractivity contribution in [2.75, 3.05) is 6.54 Å². The lowest BCUT2D eigenvalue weighted by atomic mass is 10.0. The van der Waals surface area contributed by atoms with Gasteiger partial charge in [0.2, 0.25) is 0 Å². The molecule has 0 bridgehead atoms. The summed E-state index contributed by atoms with van der Waals surface area (Å²) < 4.78 is 0. The lowest BCUT2D eigenvalue weighted by molar-refractivity contribution is 0.199. The van der Waals surface area contributed by atoms with Gasteiger partial charge in [-0.15, -0.1) is 0 Å². The van der Waals surface area contributed by atoms with Crippen LogP contribution in [-0.2, 0) is 4.79 Å². The van der Waals surface area contributed by atoms with Gasteiger partial charge in [-0.2, -0.15) is 0 Å². The summed E-state index contributed by atoms with van der Waals surface area (Å²) in [5.41, 5.74) is -0.0921. The minimum Gasteiger partial charge on any atom is -0.329 e. The predicted molar refractivity (Wildman–Crippen MR) is 51.6 cm³/mol. The first-order valence-corrected chi connectivity index (χ1v) is 4.57. The summed E-state index contributed by atoms with van der Waals surface area (Å²) in [6.45, 7) is 11.2. The highest BCUT2D eigenvalue weighted by Gasteiger charge is 2.21. The molecule has 0 aromatic rings. The summed E-state index contributed by atoms with van der Waals surface area (Å²) in [5, 5.41) is 0. The Balaban J connectivity index is 4.09. The van der Waals surface area contributed by atoms with Crippen molar-refractivity contribution in [2.24, 2.45) is 5.92 Å².